The first-order valence-corrected chi connectivity index (χ1v) is 7.05. The van der Waals surface area contributed by atoms with Crippen molar-refractivity contribution in [2.24, 2.45) is 0 Å². The molecule has 0 saturated carbocycles. The van der Waals surface area contributed by atoms with Crippen LogP contribution in [-0.2, 0) is 12.8 Å². The fourth-order valence-corrected chi connectivity index (χ4v) is 2.17. The maximum atomic E-state index is 13.8. The summed E-state index contributed by atoms with van der Waals surface area (Å²) in [7, 11) is 0. The third-order valence-corrected chi connectivity index (χ3v) is 3.30. The molecule has 0 fully saturated rings. The molecule has 0 aliphatic carbocycles. The van der Waals surface area contributed by atoms with Crippen molar-refractivity contribution in [3.8, 4) is 0 Å². The van der Waals surface area contributed by atoms with Crippen LogP contribution in [0, 0.1) is 5.82 Å². The maximum Gasteiger partial charge on any atom is 0.135 e. The van der Waals surface area contributed by atoms with E-state index in [0.717, 1.165) is 24.5 Å². The van der Waals surface area contributed by atoms with E-state index in [4.69, 9.17) is 11.6 Å². The second-order valence-electron chi connectivity index (χ2n) is 4.42. The minimum absolute atomic E-state index is 0.289. The lowest BCUT2D eigenvalue weighted by Crippen LogP contribution is -2.07. The number of hydrogen-bond acceptors (Lipinski definition) is 3. The van der Waals surface area contributed by atoms with Gasteiger partial charge in [0.2, 0.25) is 0 Å². The lowest BCUT2D eigenvalue weighted by Gasteiger charge is -2.09. The van der Waals surface area contributed by atoms with E-state index in [1.165, 1.54) is 6.07 Å². The zero-order valence-electron chi connectivity index (χ0n) is 11.6. The van der Waals surface area contributed by atoms with Crippen LogP contribution >= 0.6 is 11.6 Å². The fraction of sp³-hybridized carbons (Fsp3) is 0.333. The van der Waals surface area contributed by atoms with Crippen molar-refractivity contribution in [3.05, 3.63) is 52.2 Å². The molecule has 0 amide bonds. The van der Waals surface area contributed by atoms with Crippen molar-refractivity contribution < 1.29 is 4.39 Å². The molecular formula is C15H17ClFN3. The Morgan fingerprint density at radius 2 is 2.05 bits per heavy atom. The number of aryl methyl sites for hydroxylation is 1. The molecule has 0 aliphatic heterocycles. The van der Waals surface area contributed by atoms with E-state index in [2.05, 4.69) is 15.3 Å². The Morgan fingerprint density at radius 3 is 2.70 bits per heavy atom. The normalized spacial score (nSPS) is 10.6. The van der Waals surface area contributed by atoms with Gasteiger partial charge in [0.05, 0.1) is 0 Å². The molecule has 106 valence electrons. The molecule has 0 saturated heterocycles. The highest BCUT2D eigenvalue weighted by Gasteiger charge is 2.11. The number of nitrogens with zero attached hydrogens (tertiary/aromatic N) is 2. The highest BCUT2D eigenvalue weighted by molar-refractivity contribution is 6.31. The molecule has 5 heteroatoms. The lowest BCUT2D eigenvalue weighted by atomic mass is 10.1. The van der Waals surface area contributed by atoms with Crippen LogP contribution in [0.5, 0.6) is 0 Å². The summed E-state index contributed by atoms with van der Waals surface area (Å²) in [4.78, 5) is 8.84. The Kier molecular flexibility index (Phi) is 4.90. The first kappa shape index (κ1) is 14.7. The molecule has 0 unspecified atom stereocenters. The topological polar surface area (TPSA) is 37.8 Å². The predicted octanol–water partition coefficient (Wildman–Crippen LogP) is 3.85. The summed E-state index contributed by atoms with van der Waals surface area (Å²) in [6.45, 7) is 4.80. The van der Waals surface area contributed by atoms with E-state index >= 15 is 0 Å². The van der Waals surface area contributed by atoms with Crippen LogP contribution in [0.4, 0.5) is 10.2 Å². The summed E-state index contributed by atoms with van der Waals surface area (Å²) in [5.41, 5.74) is 1.36. The van der Waals surface area contributed by atoms with Gasteiger partial charge in [0, 0.05) is 35.3 Å². The molecule has 0 spiro atoms. The van der Waals surface area contributed by atoms with Gasteiger partial charge in [-0.25, -0.2) is 14.4 Å². The van der Waals surface area contributed by atoms with Crippen molar-refractivity contribution in [1.29, 1.82) is 0 Å². The van der Waals surface area contributed by atoms with Gasteiger partial charge in [-0.05, 0) is 25.5 Å². The van der Waals surface area contributed by atoms with Crippen molar-refractivity contribution in [3.63, 3.8) is 0 Å². The third-order valence-electron chi connectivity index (χ3n) is 2.94. The van der Waals surface area contributed by atoms with Gasteiger partial charge >= 0.3 is 0 Å². The Bertz CT molecular complexity index is 581. The van der Waals surface area contributed by atoms with Gasteiger partial charge in [-0.15, -0.1) is 0 Å². The van der Waals surface area contributed by atoms with Gasteiger partial charge < -0.3 is 5.32 Å². The largest absolute Gasteiger partial charge is 0.370 e. The highest BCUT2D eigenvalue weighted by atomic mass is 35.5. The van der Waals surface area contributed by atoms with Crippen molar-refractivity contribution in [2.45, 2.75) is 26.7 Å². The van der Waals surface area contributed by atoms with E-state index in [9.17, 15) is 4.39 Å². The van der Waals surface area contributed by atoms with Crippen LogP contribution in [0.15, 0.2) is 24.3 Å². The standard InChI is InChI=1S/C15H17ClFN3/c1-3-10-8-14(18-4-2)20-15(19-10)9-11-12(16)6-5-7-13(11)17/h5-8H,3-4,9H2,1-2H3,(H,18,19,20). The van der Waals surface area contributed by atoms with E-state index in [-0.39, 0.29) is 12.2 Å². The second-order valence-corrected chi connectivity index (χ2v) is 4.83. The van der Waals surface area contributed by atoms with Gasteiger partial charge in [0.15, 0.2) is 0 Å². The maximum absolute atomic E-state index is 13.8. The van der Waals surface area contributed by atoms with Crippen LogP contribution in [0.3, 0.4) is 0 Å². The minimum Gasteiger partial charge on any atom is -0.370 e. The molecular weight excluding hydrogens is 277 g/mol. The van der Waals surface area contributed by atoms with Crippen LogP contribution in [0.25, 0.3) is 0 Å². The van der Waals surface area contributed by atoms with Gasteiger partial charge in [0.1, 0.15) is 17.5 Å². The van der Waals surface area contributed by atoms with Gasteiger partial charge in [-0.2, -0.15) is 0 Å². The number of rotatable bonds is 5. The van der Waals surface area contributed by atoms with Gasteiger partial charge in [-0.3, -0.25) is 0 Å². The molecule has 1 aromatic heterocycles. The summed E-state index contributed by atoms with van der Waals surface area (Å²) in [6, 6.07) is 6.58. The Labute approximate surface area is 123 Å². The van der Waals surface area contributed by atoms with Gasteiger partial charge in [-0.1, -0.05) is 24.6 Å². The molecule has 1 N–H and O–H groups in total. The average Bonchev–Trinajstić information content (AvgIpc) is 2.43. The van der Waals surface area contributed by atoms with Crippen LogP contribution in [0.1, 0.15) is 30.9 Å². The van der Waals surface area contributed by atoms with E-state index in [0.29, 0.717) is 16.4 Å². The number of nitrogens with one attached hydrogen (secondary N) is 1. The van der Waals surface area contributed by atoms with Gasteiger partial charge in [0.25, 0.3) is 0 Å². The zero-order valence-corrected chi connectivity index (χ0v) is 12.3. The average molecular weight is 294 g/mol. The van der Waals surface area contributed by atoms with E-state index in [1.54, 1.807) is 12.1 Å². The van der Waals surface area contributed by atoms with Crippen LogP contribution in [0.2, 0.25) is 5.02 Å². The fourth-order valence-electron chi connectivity index (χ4n) is 1.94. The first-order chi connectivity index (χ1) is 9.63. The Balaban J connectivity index is 2.35. The molecule has 0 radical (unpaired) electrons. The summed E-state index contributed by atoms with van der Waals surface area (Å²) in [5, 5.41) is 3.56. The quantitative estimate of drug-likeness (QED) is 0.910. The SMILES string of the molecule is CCNc1cc(CC)nc(Cc2c(F)cccc2Cl)n1. The molecule has 0 aliphatic rings. The monoisotopic (exact) mass is 293 g/mol. The molecule has 1 aromatic carbocycles. The van der Waals surface area contributed by atoms with Crippen LogP contribution < -0.4 is 5.32 Å². The molecule has 1 heterocycles. The van der Waals surface area contributed by atoms with E-state index < -0.39 is 0 Å². The van der Waals surface area contributed by atoms with Crippen molar-refractivity contribution in [2.75, 3.05) is 11.9 Å². The molecule has 2 aromatic rings. The zero-order chi connectivity index (χ0) is 14.5. The number of benzene rings is 1. The number of halogens is 2. The van der Waals surface area contributed by atoms with Crippen molar-refractivity contribution >= 4 is 17.4 Å². The third kappa shape index (κ3) is 3.45. The van der Waals surface area contributed by atoms with Crippen molar-refractivity contribution in [1.82, 2.24) is 9.97 Å². The molecule has 2 rings (SSSR count). The Hall–Kier alpha value is -1.68. The lowest BCUT2D eigenvalue weighted by molar-refractivity contribution is 0.612. The summed E-state index contributed by atoms with van der Waals surface area (Å²) < 4.78 is 13.8. The highest BCUT2D eigenvalue weighted by Crippen LogP contribution is 2.21. The smallest absolute Gasteiger partial charge is 0.135 e. The predicted molar refractivity (Wildman–Crippen MR) is 79.8 cm³/mol. The summed E-state index contributed by atoms with van der Waals surface area (Å²) in [5.74, 6) is 1.02. The number of anilines is 1. The number of hydrogen-bond donors (Lipinski definition) is 1. The molecule has 20 heavy (non-hydrogen) atoms. The second kappa shape index (κ2) is 6.66. The Morgan fingerprint density at radius 1 is 1.25 bits per heavy atom. The molecule has 3 nitrogen and oxygen atoms in total. The molecule has 0 atom stereocenters. The summed E-state index contributed by atoms with van der Waals surface area (Å²) >= 11 is 6.04. The van der Waals surface area contributed by atoms with E-state index in [1.807, 2.05) is 19.9 Å². The number of aromatic nitrogens is 2. The van der Waals surface area contributed by atoms with Crippen LogP contribution in [-0.4, -0.2) is 16.5 Å². The summed E-state index contributed by atoms with van der Waals surface area (Å²) in [6.07, 6.45) is 1.09. The molecule has 0 bridgehead atoms. The first-order valence-electron chi connectivity index (χ1n) is 6.67. The minimum atomic E-state index is -0.326.